The zero-order chi connectivity index (χ0) is 15.4. The molecule has 0 aliphatic carbocycles. The van der Waals surface area contributed by atoms with Crippen LogP contribution in [0.3, 0.4) is 0 Å². The summed E-state index contributed by atoms with van der Waals surface area (Å²) in [6.45, 7) is 1.94. The Labute approximate surface area is 141 Å². The van der Waals surface area contributed by atoms with Gasteiger partial charge in [0, 0.05) is 16.1 Å². The first-order valence-electron chi connectivity index (χ1n) is 7.59. The van der Waals surface area contributed by atoms with Crippen molar-refractivity contribution in [1.82, 2.24) is 5.32 Å². The van der Waals surface area contributed by atoms with Crippen molar-refractivity contribution < 1.29 is 4.65 Å². The van der Waals surface area contributed by atoms with Crippen LogP contribution in [0.15, 0.2) is 48.5 Å². The van der Waals surface area contributed by atoms with Gasteiger partial charge in [0.15, 0.2) is 0 Å². The van der Waals surface area contributed by atoms with Gasteiger partial charge in [-0.25, -0.2) is 0 Å². The fraction of sp³-hybridized carbons (Fsp3) is 0.294. The Balaban J connectivity index is 1.86. The molecule has 1 fully saturated rings. The molecule has 114 valence electrons. The minimum atomic E-state index is -0.0855. The molecule has 2 aromatic carbocycles. The molecule has 1 aliphatic heterocycles. The van der Waals surface area contributed by atoms with E-state index in [2.05, 4.69) is 5.32 Å². The number of hydrogen-bond acceptors (Lipinski definition) is 2. The zero-order valence-corrected chi connectivity index (χ0v) is 13.8. The van der Waals surface area contributed by atoms with Gasteiger partial charge >= 0.3 is 6.92 Å². The zero-order valence-electron chi connectivity index (χ0n) is 12.3. The van der Waals surface area contributed by atoms with Crippen LogP contribution in [0.1, 0.15) is 12.8 Å². The summed E-state index contributed by atoms with van der Waals surface area (Å²) < 4.78 is 6.42. The summed E-state index contributed by atoms with van der Waals surface area (Å²) in [6, 6.07) is 15.8. The highest BCUT2D eigenvalue weighted by atomic mass is 35.5. The maximum absolute atomic E-state index is 6.42. The third-order valence-corrected chi connectivity index (χ3v) is 4.46. The van der Waals surface area contributed by atoms with Gasteiger partial charge in [-0.2, -0.15) is 0 Å². The molecule has 0 bridgehead atoms. The molecule has 2 aromatic rings. The van der Waals surface area contributed by atoms with Crippen molar-refractivity contribution in [2.24, 2.45) is 0 Å². The fourth-order valence-corrected chi connectivity index (χ4v) is 3.00. The molecule has 1 saturated heterocycles. The highest BCUT2D eigenvalue weighted by Crippen LogP contribution is 2.12. The van der Waals surface area contributed by atoms with Crippen molar-refractivity contribution in [3.05, 3.63) is 58.6 Å². The lowest BCUT2D eigenvalue weighted by molar-refractivity contribution is 0.168. The third kappa shape index (κ3) is 4.05. The van der Waals surface area contributed by atoms with Gasteiger partial charge in [-0.05, 0) is 61.1 Å². The van der Waals surface area contributed by atoms with Crippen LogP contribution in [0, 0.1) is 0 Å². The van der Waals surface area contributed by atoms with E-state index in [1.165, 1.54) is 0 Å². The number of benzene rings is 2. The van der Waals surface area contributed by atoms with Crippen LogP contribution in [-0.4, -0.2) is 26.1 Å². The summed E-state index contributed by atoms with van der Waals surface area (Å²) in [5.74, 6) is 0. The van der Waals surface area contributed by atoms with Crippen LogP contribution < -0.4 is 16.2 Å². The SMILES string of the molecule is Clc1ccc(B(OC2CCNCC2)c2ccc(Cl)cc2)cc1. The fourth-order valence-electron chi connectivity index (χ4n) is 2.75. The maximum Gasteiger partial charge on any atom is 0.361 e. The summed E-state index contributed by atoms with van der Waals surface area (Å²) in [5.41, 5.74) is 2.23. The van der Waals surface area contributed by atoms with Gasteiger partial charge in [0.1, 0.15) is 0 Å². The molecule has 1 N–H and O–H groups in total. The van der Waals surface area contributed by atoms with Crippen LogP contribution >= 0.6 is 23.2 Å². The Hall–Kier alpha value is -0.995. The summed E-state index contributed by atoms with van der Waals surface area (Å²) in [7, 11) is 0. The molecule has 0 amide bonds. The molecule has 22 heavy (non-hydrogen) atoms. The van der Waals surface area contributed by atoms with E-state index in [1.807, 2.05) is 48.5 Å². The van der Waals surface area contributed by atoms with Crippen molar-refractivity contribution in [2.75, 3.05) is 13.1 Å². The average Bonchev–Trinajstić information content (AvgIpc) is 2.56. The van der Waals surface area contributed by atoms with Gasteiger partial charge < -0.3 is 9.97 Å². The molecular formula is C17H18BCl2NO. The van der Waals surface area contributed by atoms with Crippen molar-refractivity contribution in [3.8, 4) is 0 Å². The number of halogens is 2. The smallest absolute Gasteiger partial charge is 0.361 e. The molecular weight excluding hydrogens is 316 g/mol. The van der Waals surface area contributed by atoms with Gasteiger partial charge in [0.05, 0.1) is 0 Å². The maximum atomic E-state index is 6.42. The number of nitrogens with one attached hydrogen (secondary N) is 1. The van der Waals surface area contributed by atoms with Crippen LogP contribution in [0.25, 0.3) is 0 Å². The predicted octanol–water partition coefficient (Wildman–Crippen LogP) is 2.87. The lowest BCUT2D eigenvalue weighted by atomic mass is 9.55. The Morgan fingerprint density at radius 3 is 1.73 bits per heavy atom. The summed E-state index contributed by atoms with van der Waals surface area (Å²) in [6.07, 6.45) is 2.35. The second-order valence-electron chi connectivity index (χ2n) is 5.57. The average molecular weight is 334 g/mol. The van der Waals surface area contributed by atoms with Gasteiger partial charge in [-0.15, -0.1) is 0 Å². The first kappa shape index (κ1) is 15.9. The quantitative estimate of drug-likeness (QED) is 0.869. The second kappa shape index (κ2) is 7.52. The Kier molecular flexibility index (Phi) is 5.43. The largest absolute Gasteiger partial charge is 0.424 e. The minimum Gasteiger partial charge on any atom is -0.424 e. The van der Waals surface area contributed by atoms with Crippen LogP contribution in [0.4, 0.5) is 0 Å². The van der Waals surface area contributed by atoms with E-state index >= 15 is 0 Å². The molecule has 0 saturated carbocycles. The van der Waals surface area contributed by atoms with Gasteiger partial charge in [0.25, 0.3) is 0 Å². The molecule has 0 spiro atoms. The first-order valence-corrected chi connectivity index (χ1v) is 8.35. The molecule has 0 unspecified atom stereocenters. The Bertz CT molecular complexity index is 552. The van der Waals surface area contributed by atoms with E-state index in [9.17, 15) is 0 Å². The Morgan fingerprint density at radius 2 is 1.27 bits per heavy atom. The van der Waals surface area contributed by atoms with Crippen molar-refractivity contribution in [1.29, 1.82) is 0 Å². The minimum absolute atomic E-state index is 0.0855. The first-order chi connectivity index (χ1) is 10.7. The summed E-state index contributed by atoms with van der Waals surface area (Å²) in [4.78, 5) is 0. The molecule has 0 aromatic heterocycles. The van der Waals surface area contributed by atoms with Crippen LogP contribution in [0.2, 0.25) is 10.0 Å². The molecule has 0 atom stereocenters. The molecule has 2 nitrogen and oxygen atoms in total. The number of hydrogen-bond donors (Lipinski definition) is 1. The lowest BCUT2D eigenvalue weighted by Crippen LogP contribution is -2.49. The lowest BCUT2D eigenvalue weighted by Gasteiger charge is -2.27. The standard InChI is InChI=1S/C17H18BCl2NO/c19-15-5-1-13(2-6-15)18(14-3-7-16(20)8-4-14)22-17-9-11-21-12-10-17/h1-8,17,21H,9-12H2. The van der Waals surface area contributed by atoms with E-state index in [1.54, 1.807) is 0 Å². The van der Waals surface area contributed by atoms with E-state index in [-0.39, 0.29) is 13.0 Å². The van der Waals surface area contributed by atoms with E-state index < -0.39 is 0 Å². The summed E-state index contributed by atoms with van der Waals surface area (Å²) in [5, 5.41) is 4.84. The van der Waals surface area contributed by atoms with Gasteiger partial charge in [0.2, 0.25) is 0 Å². The number of rotatable bonds is 4. The monoisotopic (exact) mass is 333 g/mol. The highest BCUT2D eigenvalue weighted by molar-refractivity contribution is 6.80. The molecule has 3 rings (SSSR count). The van der Waals surface area contributed by atoms with Crippen LogP contribution in [-0.2, 0) is 4.65 Å². The van der Waals surface area contributed by atoms with Crippen LogP contribution in [0.5, 0.6) is 0 Å². The van der Waals surface area contributed by atoms with E-state index in [0.29, 0.717) is 0 Å². The normalized spacial score (nSPS) is 15.7. The second-order valence-corrected chi connectivity index (χ2v) is 6.44. The number of piperidine rings is 1. The van der Waals surface area contributed by atoms with E-state index in [0.717, 1.165) is 46.9 Å². The highest BCUT2D eigenvalue weighted by Gasteiger charge is 2.26. The predicted molar refractivity (Wildman–Crippen MR) is 94.9 cm³/mol. The molecule has 1 heterocycles. The van der Waals surface area contributed by atoms with Crippen molar-refractivity contribution in [2.45, 2.75) is 18.9 Å². The molecule has 0 radical (unpaired) electrons. The topological polar surface area (TPSA) is 21.3 Å². The molecule has 5 heteroatoms. The third-order valence-electron chi connectivity index (χ3n) is 3.96. The Morgan fingerprint density at radius 1 is 0.818 bits per heavy atom. The summed E-state index contributed by atoms with van der Waals surface area (Å²) >= 11 is 12.0. The van der Waals surface area contributed by atoms with E-state index in [4.69, 9.17) is 27.9 Å². The van der Waals surface area contributed by atoms with Gasteiger partial charge in [-0.1, -0.05) is 47.5 Å². The molecule has 1 aliphatic rings. The van der Waals surface area contributed by atoms with Crippen molar-refractivity contribution in [3.63, 3.8) is 0 Å². The van der Waals surface area contributed by atoms with Gasteiger partial charge in [-0.3, -0.25) is 0 Å². The van der Waals surface area contributed by atoms with Crippen molar-refractivity contribution >= 4 is 41.0 Å².